The van der Waals surface area contributed by atoms with Gasteiger partial charge in [0.2, 0.25) is 0 Å². The number of hydrogen-bond acceptors (Lipinski definition) is 7. The minimum absolute atomic E-state index is 0.0282. The van der Waals surface area contributed by atoms with Crippen molar-refractivity contribution in [2.45, 2.75) is 148 Å². The van der Waals surface area contributed by atoms with E-state index in [4.69, 9.17) is 18.5 Å². The Hall–Kier alpha value is -0.500. The number of nitrogens with zero attached hydrogens (tertiary/aromatic N) is 1. The lowest BCUT2D eigenvalue weighted by Crippen LogP contribution is -2.37. The summed E-state index contributed by atoms with van der Waals surface area (Å²) in [6.07, 6.45) is 24.1. The molecule has 0 aromatic carbocycles. The van der Waals surface area contributed by atoms with Crippen molar-refractivity contribution < 1.29 is 37.3 Å². The topological polar surface area (TPSA) is 94.1 Å². The number of hydrogen-bond donors (Lipinski definition) is 0. The summed E-state index contributed by atoms with van der Waals surface area (Å²) in [6, 6.07) is 0. The van der Waals surface area contributed by atoms with Gasteiger partial charge in [0.1, 0.15) is 19.3 Å². The number of rotatable bonds is 31. The van der Waals surface area contributed by atoms with Gasteiger partial charge < -0.3 is 27.9 Å². The van der Waals surface area contributed by atoms with E-state index in [9.17, 15) is 14.3 Å². The average Bonchev–Trinajstić information content (AvgIpc) is 2.89. The quantitative estimate of drug-likeness (QED) is 0.0341. The Morgan fingerprint density at radius 1 is 0.659 bits per heavy atom. The van der Waals surface area contributed by atoms with Crippen molar-refractivity contribution in [3.63, 3.8) is 0 Å². The van der Waals surface area contributed by atoms with E-state index >= 15 is 0 Å². The highest BCUT2D eigenvalue weighted by molar-refractivity contribution is 7.45. The molecule has 0 aromatic rings. The van der Waals surface area contributed by atoms with E-state index < -0.39 is 13.9 Å². The number of phosphoric ester groups is 1. The summed E-state index contributed by atoms with van der Waals surface area (Å²) in [5, 5.41) is 0. The SMILES string of the molecule is CCCCCCCCCCCCCCCCCCCCOCC(COP(=O)([O-])OCC[N+](C)(C)C)OC(=O)CCC. The Kier molecular flexibility index (Phi) is 26.7. The fourth-order valence-electron chi connectivity index (χ4n) is 4.52. The van der Waals surface area contributed by atoms with Crippen LogP contribution in [0.4, 0.5) is 0 Å². The zero-order valence-electron chi connectivity index (χ0n) is 27.5. The molecule has 0 radical (unpaired) electrons. The van der Waals surface area contributed by atoms with Crippen molar-refractivity contribution in [2.75, 3.05) is 54.1 Å². The van der Waals surface area contributed by atoms with E-state index in [-0.39, 0.29) is 32.2 Å². The molecule has 0 bridgehead atoms. The minimum atomic E-state index is -4.48. The molecule has 9 heteroatoms. The Labute approximate surface area is 253 Å². The van der Waals surface area contributed by atoms with Crippen LogP contribution in [0.5, 0.6) is 0 Å². The molecule has 8 nitrogen and oxygen atoms in total. The maximum absolute atomic E-state index is 12.1. The van der Waals surface area contributed by atoms with Crippen LogP contribution in [0.3, 0.4) is 0 Å². The third kappa shape index (κ3) is 30.8. The first-order chi connectivity index (χ1) is 19.6. The average molecular weight is 608 g/mol. The summed E-state index contributed by atoms with van der Waals surface area (Å²) < 4.78 is 33.7. The van der Waals surface area contributed by atoms with E-state index in [0.717, 1.165) is 12.8 Å². The number of carbonyl (C=O) groups is 1. The molecule has 0 aromatic heterocycles. The van der Waals surface area contributed by atoms with Crippen molar-refractivity contribution >= 4 is 13.8 Å². The number of phosphoric acid groups is 1. The molecule has 41 heavy (non-hydrogen) atoms. The van der Waals surface area contributed by atoms with Gasteiger partial charge in [0, 0.05) is 13.0 Å². The largest absolute Gasteiger partial charge is 0.756 e. The fourth-order valence-corrected chi connectivity index (χ4v) is 5.25. The van der Waals surface area contributed by atoms with Crippen LogP contribution >= 0.6 is 7.82 Å². The molecule has 2 unspecified atom stereocenters. The molecular formula is C32H66NO7P. The third-order valence-corrected chi connectivity index (χ3v) is 8.09. The molecule has 0 heterocycles. The molecule has 0 aliphatic heterocycles. The first kappa shape index (κ1) is 40.5. The Bertz CT molecular complexity index is 642. The van der Waals surface area contributed by atoms with E-state index in [2.05, 4.69) is 6.92 Å². The molecule has 246 valence electrons. The second-order valence-electron chi connectivity index (χ2n) is 12.5. The van der Waals surface area contributed by atoms with Gasteiger partial charge in [-0.25, -0.2) is 0 Å². The lowest BCUT2D eigenvalue weighted by atomic mass is 10.0. The summed E-state index contributed by atoms with van der Waals surface area (Å²) in [5.74, 6) is -0.385. The molecule has 0 saturated heterocycles. The van der Waals surface area contributed by atoms with Gasteiger partial charge in [-0.2, -0.15) is 0 Å². The second-order valence-corrected chi connectivity index (χ2v) is 13.9. The number of unbranched alkanes of at least 4 members (excludes halogenated alkanes) is 17. The Balaban J connectivity index is 3.82. The van der Waals surface area contributed by atoms with Gasteiger partial charge in [-0.3, -0.25) is 9.36 Å². The maximum Gasteiger partial charge on any atom is 0.306 e. The monoisotopic (exact) mass is 607 g/mol. The highest BCUT2D eigenvalue weighted by Crippen LogP contribution is 2.38. The Morgan fingerprint density at radius 3 is 1.56 bits per heavy atom. The van der Waals surface area contributed by atoms with Gasteiger partial charge in [-0.15, -0.1) is 0 Å². The van der Waals surface area contributed by atoms with E-state index in [0.29, 0.717) is 24.1 Å². The zero-order valence-corrected chi connectivity index (χ0v) is 28.4. The number of quaternary nitrogens is 1. The zero-order chi connectivity index (χ0) is 30.7. The smallest absolute Gasteiger partial charge is 0.306 e. The maximum atomic E-state index is 12.1. The number of carbonyl (C=O) groups excluding carboxylic acids is 1. The van der Waals surface area contributed by atoms with E-state index in [1.54, 1.807) is 0 Å². The van der Waals surface area contributed by atoms with Crippen LogP contribution in [0.1, 0.15) is 142 Å². The molecule has 0 saturated carbocycles. The second kappa shape index (κ2) is 27.1. The molecule has 0 N–H and O–H groups in total. The summed E-state index contributed by atoms with van der Waals surface area (Å²) in [4.78, 5) is 24.0. The van der Waals surface area contributed by atoms with Crippen LogP contribution in [0.15, 0.2) is 0 Å². The van der Waals surface area contributed by atoms with Crippen molar-refractivity contribution in [2.24, 2.45) is 0 Å². The van der Waals surface area contributed by atoms with Crippen molar-refractivity contribution in [3.05, 3.63) is 0 Å². The van der Waals surface area contributed by atoms with Crippen LogP contribution in [-0.2, 0) is 27.9 Å². The molecule has 2 atom stereocenters. The highest BCUT2D eigenvalue weighted by Gasteiger charge is 2.20. The van der Waals surface area contributed by atoms with Crippen LogP contribution < -0.4 is 4.89 Å². The fraction of sp³-hybridized carbons (Fsp3) is 0.969. The van der Waals surface area contributed by atoms with Crippen molar-refractivity contribution in [3.8, 4) is 0 Å². The van der Waals surface area contributed by atoms with Crippen LogP contribution in [0, 0.1) is 0 Å². The van der Waals surface area contributed by atoms with E-state index in [1.807, 2.05) is 28.1 Å². The van der Waals surface area contributed by atoms with Gasteiger partial charge in [0.05, 0.1) is 34.4 Å². The molecule has 0 rings (SSSR count). The first-order valence-corrected chi connectivity index (χ1v) is 18.2. The van der Waals surface area contributed by atoms with Gasteiger partial charge in [0.25, 0.3) is 7.82 Å². The summed E-state index contributed by atoms with van der Waals surface area (Å²) in [5.41, 5.74) is 0. The number of ether oxygens (including phenoxy) is 2. The van der Waals surface area contributed by atoms with Crippen LogP contribution in [-0.4, -0.2) is 70.7 Å². The van der Waals surface area contributed by atoms with Gasteiger partial charge >= 0.3 is 5.97 Å². The molecule has 0 amide bonds. The molecule has 0 aliphatic rings. The Morgan fingerprint density at radius 2 is 1.12 bits per heavy atom. The molecule has 0 fully saturated rings. The third-order valence-electron chi connectivity index (χ3n) is 7.13. The summed E-state index contributed by atoms with van der Waals surface area (Å²) >= 11 is 0. The first-order valence-electron chi connectivity index (χ1n) is 16.8. The predicted octanol–water partition coefficient (Wildman–Crippen LogP) is 7.96. The normalized spacial score (nSPS) is 14.2. The van der Waals surface area contributed by atoms with E-state index in [1.165, 1.54) is 103 Å². The minimum Gasteiger partial charge on any atom is -0.756 e. The summed E-state index contributed by atoms with van der Waals surface area (Å²) in [7, 11) is 1.36. The van der Waals surface area contributed by atoms with Crippen molar-refractivity contribution in [1.82, 2.24) is 0 Å². The lowest BCUT2D eigenvalue weighted by molar-refractivity contribution is -0.870. The van der Waals surface area contributed by atoms with Crippen LogP contribution in [0.25, 0.3) is 0 Å². The standard InChI is InChI=1S/C32H66NO7P/c1-6-8-9-10-11-12-13-14-15-16-17-18-19-20-21-22-23-24-27-37-29-31(40-32(34)25-7-2)30-39-41(35,36)38-28-26-33(3,4)5/h31H,6-30H2,1-5H3. The number of likely N-dealkylation sites (N-methyl/N-ethyl adjacent to an activating group) is 1. The summed E-state index contributed by atoms with van der Waals surface area (Å²) in [6.45, 7) is 5.06. The van der Waals surface area contributed by atoms with Crippen LogP contribution in [0.2, 0.25) is 0 Å². The molecule has 0 spiro atoms. The van der Waals surface area contributed by atoms with Crippen molar-refractivity contribution in [1.29, 1.82) is 0 Å². The number of esters is 1. The molecular weight excluding hydrogens is 541 g/mol. The molecule has 0 aliphatic carbocycles. The van der Waals surface area contributed by atoms with Gasteiger partial charge in [-0.1, -0.05) is 123 Å². The lowest BCUT2D eigenvalue weighted by Gasteiger charge is -2.28. The van der Waals surface area contributed by atoms with Gasteiger partial charge in [-0.05, 0) is 12.8 Å². The predicted molar refractivity (Wildman–Crippen MR) is 167 cm³/mol. The van der Waals surface area contributed by atoms with Gasteiger partial charge in [0.15, 0.2) is 0 Å². The highest BCUT2D eigenvalue weighted by atomic mass is 31.2.